The Morgan fingerprint density at radius 3 is 2.15 bits per heavy atom. The molecule has 0 aliphatic carbocycles. The van der Waals surface area contributed by atoms with E-state index in [0.29, 0.717) is 11.4 Å². The van der Waals surface area contributed by atoms with Gasteiger partial charge in [0.2, 0.25) is 0 Å². The number of halogens is 4. The molecule has 0 radical (unpaired) electrons. The van der Waals surface area contributed by atoms with Crippen molar-refractivity contribution in [2.24, 2.45) is 0 Å². The zero-order valence-corrected chi connectivity index (χ0v) is 20.1. The van der Waals surface area contributed by atoms with Crippen LogP contribution in [0.25, 0.3) is 0 Å². The van der Waals surface area contributed by atoms with Crippen molar-refractivity contribution in [1.82, 2.24) is 5.32 Å². The Kier molecular flexibility index (Phi) is 7.98. The zero-order valence-electron chi connectivity index (χ0n) is 18.5. The summed E-state index contributed by atoms with van der Waals surface area (Å²) in [4.78, 5) is 13.1. The average molecular weight is 492 g/mol. The molecular formula is C26H25Cl2F2NO2. The first-order valence-corrected chi connectivity index (χ1v) is 11.3. The summed E-state index contributed by atoms with van der Waals surface area (Å²) in [6, 6.07) is 19.1. The highest BCUT2D eigenvalue weighted by molar-refractivity contribution is 6.31. The highest BCUT2D eigenvalue weighted by Gasteiger charge is 2.33. The Morgan fingerprint density at radius 2 is 1.58 bits per heavy atom. The lowest BCUT2D eigenvalue weighted by atomic mass is 9.86. The quantitative estimate of drug-likeness (QED) is 0.345. The zero-order chi connectivity index (χ0) is 24.2. The van der Waals surface area contributed by atoms with Gasteiger partial charge in [0.05, 0.1) is 0 Å². The van der Waals surface area contributed by atoms with Crippen LogP contribution in [0.15, 0.2) is 66.7 Å². The number of amides is 1. The third-order valence-corrected chi connectivity index (χ3v) is 6.05. The van der Waals surface area contributed by atoms with Crippen LogP contribution in [0.3, 0.4) is 0 Å². The Hall–Kier alpha value is -2.63. The van der Waals surface area contributed by atoms with E-state index < -0.39 is 28.2 Å². The molecule has 3 aromatic rings. The van der Waals surface area contributed by atoms with Crippen molar-refractivity contribution < 1.29 is 18.3 Å². The predicted molar refractivity (Wildman–Crippen MR) is 128 cm³/mol. The minimum atomic E-state index is -1.39. The third-order valence-electron chi connectivity index (χ3n) is 5.44. The highest BCUT2D eigenvalue weighted by Crippen LogP contribution is 2.29. The standard InChI is InChI=1S/C26H25Cl2F2NO2/c1-16(21(18-7-5-4-6-8-18)13-17-9-11-19(27)12-10-17)31-25(32)26(2,3)33-20-14-22(29)24(28)23(30)15-20/h4-12,14-16,21H,13H2,1-3H3,(H,31,32). The van der Waals surface area contributed by atoms with E-state index in [2.05, 4.69) is 5.32 Å². The van der Waals surface area contributed by atoms with E-state index in [4.69, 9.17) is 27.9 Å². The third kappa shape index (κ3) is 6.46. The van der Waals surface area contributed by atoms with Crippen LogP contribution >= 0.6 is 23.2 Å². The average Bonchev–Trinajstić information content (AvgIpc) is 2.77. The minimum Gasteiger partial charge on any atom is -0.478 e. The molecule has 1 N–H and O–H groups in total. The molecule has 0 aliphatic rings. The predicted octanol–water partition coefficient (Wildman–Crippen LogP) is 6.96. The van der Waals surface area contributed by atoms with E-state index in [1.807, 2.05) is 61.5 Å². The molecule has 0 bridgehead atoms. The fourth-order valence-corrected chi connectivity index (χ4v) is 3.81. The number of rotatable bonds is 8. The van der Waals surface area contributed by atoms with Crippen LogP contribution < -0.4 is 10.1 Å². The molecule has 7 heteroatoms. The molecule has 3 rings (SSSR count). The first kappa shape index (κ1) is 25.0. The van der Waals surface area contributed by atoms with Gasteiger partial charge in [-0.15, -0.1) is 0 Å². The summed E-state index contributed by atoms with van der Waals surface area (Å²) in [5, 5.41) is 3.05. The van der Waals surface area contributed by atoms with Gasteiger partial charge in [0.15, 0.2) is 5.60 Å². The van der Waals surface area contributed by atoms with Crippen molar-refractivity contribution in [2.75, 3.05) is 0 Å². The lowest BCUT2D eigenvalue weighted by molar-refractivity contribution is -0.135. The molecule has 2 atom stereocenters. The summed E-state index contributed by atoms with van der Waals surface area (Å²) in [5.74, 6) is -2.48. The number of hydrogen-bond donors (Lipinski definition) is 1. The van der Waals surface area contributed by atoms with E-state index in [1.165, 1.54) is 13.8 Å². The van der Waals surface area contributed by atoms with Crippen LogP contribution in [-0.4, -0.2) is 17.6 Å². The molecule has 3 aromatic carbocycles. The minimum absolute atomic E-state index is 0.0300. The largest absolute Gasteiger partial charge is 0.478 e. The second-order valence-electron chi connectivity index (χ2n) is 8.42. The maximum atomic E-state index is 13.8. The number of nitrogens with one attached hydrogen (secondary N) is 1. The molecule has 0 heterocycles. The van der Waals surface area contributed by atoms with Gasteiger partial charge in [-0.25, -0.2) is 8.78 Å². The highest BCUT2D eigenvalue weighted by atomic mass is 35.5. The second-order valence-corrected chi connectivity index (χ2v) is 9.24. The van der Waals surface area contributed by atoms with Crippen LogP contribution in [0.1, 0.15) is 37.8 Å². The monoisotopic (exact) mass is 491 g/mol. The van der Waals surface area contributed by atoms with Gasteiger partial charge in [-0.2, -0.15) is 0 Å². The van der Waals surface area contributed by atoms with Crippen LogP contribution in [0.2, 0.25) is 10.0 Å². The summed E-state index contributed by atoms with van der Waals surface area (Å²) in [7, 11) is 0. The smallest absolute Gasteiger partial charge is 0.263 e. The first-order valence-electron chi connectivity index (χ1n) is 10.5. The van der Waals surface area contributed by atoms with Crippen LogP contribution in [-0.2, 0) is 11.2 Å². The molecular weight excluding hydrogens is 467 g/mol. The molecule has 2 unspecified atom stereocenters. The van der Waals surface area contributed by atoms with Crippen molar-refractivity contribution in [3.05, 3.63) is 99.5 Å². The van der Waals surface area contributed by atoms with Gasteiger partial charge in [0, 0.05) is 29.1 Å². The Bertz CT molecular complexity index is 1080. The molecule has 0 spiro atoms. The van der Waals surface area contributed by atoms with E-state index in [-0.39, 0.29) is 17.7 Å². The molecule has 1 amide bonds. The van der Waals surface area contributed by atoms with Gasteiger partial charge in [-0.05, 0) is 50.5 Å². The molecule has 0 aromatic heterocycles. The summed E-state index contributed by atoms with van der Waals surface area (Å²) < 4.78 is 33.2. The molecule has 174 valence electrons. The summed E-state index contributed by atoms with van der Waals surface area (Å²) in [5.41, 5.74) is 0.764. The number of hydrogen-bond acceptors (Lipinski definition) is 2. The van der Waals surface area contributed by atoms with Crippen LogP contribution in [0.4, 0.5) is 8.78 Å². The van der Waals surface area contributed by atoms with E-state index in [0.717, 1.165) is 23.3 Å². The number of carbonyl (C=O) groups is 1. The topological polar surface area (TPSA) is 38.3 Å². The molecule has 0 fully saturated rings. The van der Waals surface area contributed by atoms with E-state index in [1.54, 1.807) is 0 Å². The van der Waals surface area contributed by atoms with Crippen LogP contribution in [0, 0.1) is 11.6 Å². The maximum absolute atomic E-state index is 13.8. The Balaban J connectivity index is 1.78. The fourth-order valence-electron chi connectivity index (χ4n) is 3.57. The number of carbonyl (C=O) groups excluding carboxylic acids is 1. The summed E-state index contributed by atoms with van der Waals surface area (Å²) in [6.45, 7) is 5.00. The van der Waals surface area contributed by atoms with Gasteiger partial charge in [0.1, 0.15) is 22.4 Å². The fraction of sp³-hybridized carbons (Fsp3) is 0.269. The van der Waals surface area contributed by atoms with Crippen molar-refractivity contribution in [3.63, 3.8) is 0 Å². The molecule has 0 saturated heterocycles. The Morgan fingerprint density at radius 1 is 1.00 bits per heavy atom. The molecule has 3 nitrogen and oxygen atoms in total. The van der Waals surface area contributed by atoms with Crippen molar-refractivity contribution >= 4 is 29.1 Å². The molecule has 0 saturated carbocycles. The van der Waals surface area contributed by atoms with E-state index in [9.17, 15) is 13.6 Å². The lowest BCUT2D eigenvalue weighted by Crippen LogP contribution is -2.51. The van der Waals surface area contributed by atoms with Gasteiger partial charge in [-0.1, -0.05) is 65.7 Å². The van der Waals surface area contributed by atoms with Crippen molar-refractivity contribution in [1.29, 1.82) is 0 Å². The van der Waals surface area contributed by atoms with Gasteiger partial charge < -0.3 is 10.1 Å². The van der Waals surface area contributed by atoms with E-state index >= 15 is 0 Å². The SMILES string of the molecule is CC(NC(=O)C(C)(C)Oc1cc(F)c(Cl)c(F)c1)C(Cc1ccc(Cl)cc1)c1ccccc1. The van der Waals surface area contributed by atoms with Crippen molar-refractivity contribution in [3.8, 4) is 5.75 Å². The Labute approximate surface area is 202 Å². The molecule has 33 heavy (non-hydrogen) atoms. The van der Waals surface area contributed by atoms with Crippen LogP contribution in [0.5, 0.6) is 5.75 Å². The summed E-state index contributed by atoms with van der Waals surface area (Å²) in [6.07, 6.45) is 0.678. The van der Waals surface area contributed by atoms with Gasteiger partial charge in [-0.3, -0.25) is 4.79 Å². The number of benzene rings is 3. The summed E-state index contributed by atoms with van der Waals surface area (Å²) >= 11 is 11.5. The van der Waals surface area contributed by atoms with Crippen molar-refractivity contribution in [2.45, 2.75) is 44.8 Å². The second kappa shape index (κ2) is 10.5. The van der Waals surface area contributed by atoms with Gasteiger partial charge in [0.25, 0.3) is 5.91 Å². The lowest BCUT2D eigenvalue weighted by Gasteiger charge is -2.31. The molecule has 0 aliphatic heterocycles. The normalized spacial score (nSPS) is 13.3. The first-order chi connectivity index (χ1) is 15.6. The van der Waals surface area contributed by atoms with Gasteiger partial charge >= 0.3 is 0 Å². The maximum Gasteiger partial charge on any atom is 0.263 e. The number of ether oxygens (including phenoxy) is 1.